The van der Waals surface area contributed by atoms with Crippen LogP contribution in [0.1, 0.15) is 59.4 Å². The van der Waals surface area contributed by atoms with Gasteiger partial charge in [0.2, 0.25) is 11.4 Å². The molecule has 1 saturated heterocycles. The lowest BCUT2D eigenvalue weighted by molar-refractivity contribution is -0.152. The molecule has 6 heteroatoms. The fraction of sp³-hybridized carbons (Fsp3) is 0.571. The molecule has 27 heavy (non-hydrogen) atoms. The average molecular weight is 371 g/mol. The van der Waals surface area contributed by atoms with Gasteiger partial charge in [0.1, 0.15) is 0 Å². The molecule has 1 fully saturated rings. The number of carbonyl (C=O) groups is 3. The van der Waals surface area contributed by atoms with Gasteiger partial charge in [0.15, 0.2) is 0 Å². The van der Waals surface area contributed by atoms with Crippen molar-refractivity contribution in [1.29, 1.82) is 0 Å². The first-order valence-corrected chi connectivity index (χ1v) is 9.51. The smallest absolute Gasteiger partial charge is 0.265 e. The predicted octanol–water partition coefficient (Wildman–Crippen LogP) is 2.79. The third-order valence-corrected chi connectivity index (χ3v) is 5.12. The van der Waals surface area contributed by atoms with Crippen LogP contribution in [0.2, 0.25) is 0 Å². The van der Waals surface area contributed by atoms with E-state index in [1.807, 2.05) is 19.9 Å². The summed E-state index contributed by atoms with van der Waals surface area (Å²) in [6.07, 6.45) is 1.74. The van der Waals surface area contributed by atoms with Gasteiger partial charge in [-0.25, -0.2) is 0 Å². The minimum absolute atomic E-state index is 0.00322. The van der Waals surface area contributed by atoms with Crippen LogP contribution in [0.4, 0.5) is 5.69 Å². The Labute approximate surface area is 160 Å². The van der Waals surface area contributed by atoms with Crippen LogP contribution < -0.4 is 10.6 Å². The zero-order valence-electron chi connectivity index (χ0n) is 16.8. The number of fused-ring (bicyclic) bond motifs is 1. The Hall–Kier alpha value is -2.37. The molecular formula is C21H29N3O3. The van der Waals surface area contributed by atoms with Crippen molar-refractivity contribution in [2.24, 2.45) is 5.41 Å². The number of benzene rings is 1. The molecule has 2 aliphatic rings. The molecule has 1 aromatic carbocycles. The van der Waals surface area contributed by atoms with E-state index in [1.165, 1.54) is 4.90 Å². The molecule has 1 unspecified atom stereocenters. The summed E-state index contributed by atoms with van der Waals surface area (Å²) in [6.45, 7) is 10.6. The van der Waals surface area contributed by atoms with Crippen LogP contribution in [0.25, 0.3) is 0 Å². The van der Waals surface area contributed by atoms with Crippen molar-refractivity contribution in [3.05, 3.63) is 29.8 Å². The SMILES string of the molecule is CC(C)(C)CC(C)(C)NC(=O)C1(N2CCCC2=O)C(=O)Nc2ccccc21. The van der Waals surface area contributed by atoms with Gasteiger partial charge in [-0.05, 0) is 38.2 Å². The fourth-order valence-electron chi connectivity index (χ4n) is 4.63. The van der Waals surface area contributed by atoms with Crippen molar-refractivity contribution in [2.75, 3.05) is 11.9 Å². The summed E-state index contributed by atoms with van der Waals surface area (Å²) < 4.78 is 0. The molecule has 0 aromatic heterocycles. The first-order chi connectivity index (χ1) is 12.5. The molecule has 0 spiro atoms. The van der Waals surface area contributed by atoms with Crippen molar-refractivity contribution in [3.63, 3.8) is 0 Å². The quantitative estimate of drug-likeness (QED) is 0.799. The van der Waals surface area contributed by atoms with Crippen molar-refractivity contribution < 1.29 is 14.4 Å². The van der Waals surface area contributed by atoms with E-state index in [-0.39, 0.29) is 11.3 Å². The van der Waals surface area contributed by atoms with Crippen molar-refractivity contribution in [3.8, 4) is 0 Å². The van der Waals surface area contributed by atoms with Gasteiger partial charge in [-0.2, -0.15) is 0 Å². The maximum absolute atomic E-state index is 13.6. The van der Waals surface area contributed by atoms with E-state index in [0.29, 0.717) is 30.6 Å². The van der Waals surface area contributed by atoms with E-state index in [2.05, 4.69) is 31.4 Å². The van der Waals surface area contributed by atoms with Crippen LogP contribution in [0, 0.1) is 5.41 Å². The summed E-state index contributed by atoms with van der Waals surface area (Å²) >= 11 is 0. The van der Waals surface area contributed by atoms with Crippen molar-refractivity contribution >= 4 is 23.4 Å². The molecule has 0 bridgehead atoms. The summed E-state index contributed by atoms with van der Waals surface area (Å²) in [4.78, 5) is 40.8. The van der Waals surface area contributed by atoms with Crippen LogP contribution in [0.3, 0.4) is 0 Å². The highest BCUT2D eigenvalue weighted by molar-refractivity contribution is 6.22. The zero-order chi connectivity index (χ0) is 20.0. The number of nitrogens with one attached hydrogen (secondary N) is 2. The van der Waals surface area contributed by atoms with Gasteiger partial charge in [-0.3, -0.25) is 14.4 Å². The number of para-hydroxylation sites is 1. The molecular weight excluding hydrogens is 342 g/mol. The highest BCUT2D eigenvalue weighted by atomic mass is 16.2. The van der Waals surface area contributed by atoms with Gasteiger partial charge >= 0.3 is 0 Å². The van der Waals surface area contributed by atoms with E-state index in [0.717, 1.165) is 6.42 Å². The van der Waals surface area contributed by atoms with Crippen molar-refractivity contribution in [1.82, 2.24) is 10.2 Å². The molecule has 146 valence electrons. The number of hydrogen-bond donors (Lipinski definition) is 2. The Morgan fingerprint density at radius 3 is 2.44 bits per heavy atom. The fourth-order valence-corrected chi connectivity index (χ4v) is 4.63. The monoisotopic (exact) mass is 371 g/mol. The van der Waals surface area contributed by atoms with Crippen LogP contribution >= 0.6 is 0 Å². The number of amides is 3. The normalized spacial score (nSPS) is 22.6. The first-order valence-electron chi connectivity index (χ1n) is 9.51. The number of nitrogens with zero attached hydrogens (tertiary/aromatic N) is 1. The zero-order valence-corrected chi connectivity index (χ0v) is 16.8. The number of anilines is 1. The Bertz CT molecular complexity index is 794. The van der Waals surface area contributed by atoms with Gasteiger partial charge < -0.3 is 15.5 Å². The van der Waals surface area contributed by atoms with E-state index in [9.17, 15) is 14.4 Å². The molecule has 6 nitrogen and oxygen atoms in total. The summed E-state index contributed by atoms with van der Waals surface area (Å²) in [7, 11) is 0. The third kappa shape index (κ3) is 3.33. The lowest BCUT2D eigenvalue weighted by Crippen LogP contribution is -2.63. The Morgan fingerprint density at radius 1 is 1.19 bits per heavy atom. The number of carbonyl (C=O) groups excluding carboxylic acids is 3. The minimum Gasteiger partial charge on any atom is -0.348 e. The molecule has 3 amide bonds. The van der Waals surface area contributed by atoms with Gasteiger partial charge in [-0.15, -0.1) is 0 Å². The van der Waals surface area contributed by atoms with Gasteiger partial charge in [0.25, 0.3) is 11.8 Å². The summed E-state index contributed by atoms with van der Waals surface area (Å²) in [5, 5.41) is 5.88. The predicted molar refractivity (Wildman–Crippen MR) is 104 cm³/mol. The van der Waals surface area contributed by atoms with Gasteiger partial charge in [0, 0.05) is 29.8 Å². The molecule has 1 atom stereocenters. The first kappa shape index (κ1) is 19.4. The van der Waals surface area contributed by atoms with E-state index < -0.39 is 22.9 Å². The molecule has 0 aliphatic carbocycles. The third-order valence-electron chi connectivity index (χ3n) is 5.12. The summed E-state index contributed by atoms with van der Waals surface area (Å²) in [6, 6.07) is 7.13. The average Bonchev–Trinajstić information content (AvgIpc) is 3.05. The second-order valence-electron chi connectivity index (χ2n) is 9.43. The van der Waals surface area contributed by atoms with Crippen LogP contribution in [-0.2, 0) is 19.9 Å². The number of likely N-dealkylation sites (tertiary alicyclic amines) is 1. The Morgan fingerprint density at radius 2 is 1.85 bits per heavy atom. The number of hydrogen-bond acceptors (Lipinski definition) is 3. The van der Waals surface area contributed by atoms with E-state index in [1.54, 1.807) is 18.2 Å². The second kappa shape index (κ2) is 6.36. The van der Waals surface area contributed by atoms with E-state index in [4.69, 9.17) is 0 Å². The lowest BCUT2D eigenvalue weighted by atomic mass is 9.80. The maximum Gasteiger partial charge on any atom is 0.265 e. The Kier molecular flexibility index (Phi) is 4.57. The van der Waals surface area contributed by atoms with Gasteiger partial charge in [-0.1, -0.05) is 39.0 Å². The molecule has 3 rings (SSSR count). The molecule has 2 aliphatic heterocycles. The lowest BCUT2D eigenvalue weighted by Gasteiger charge is -2.40. The van der Waals surface area contributed by atoms with E-state index >= 15 is 0 Å². The minimum atomic E-state index is -1.64. The summed E-state index contributed by atoms with van der Waals surface area (Å²) in [5.74, 6) is -1.05. The standard InChI is InChI=1S/C21H29N3O3/c1-19(2,3)13-20(4,5)23-18(27)21(24-12-8-11-16(24)25)14-9-6-7-10-15(14)22-17(21)26/h6-7,9-10H,8,11-13H2,1-5H3,(H,22,26)(H,23,27). The summed E-state index contributed by atoms with van der Waals surface area (Å²) in [5.41, 5.74) is -1.02. The molecule has 0 saturated carbocycles. The molecule has 2 N–H and O–H groups in total. The highest BCUT2D eigenvalue weighted by Crippen LogP contribution is 2.43. The van der Waals surface area contributed by atoms with Crippen LogP contribution in [0.5, 0.6) is 0 Å². The molecule has 1 aromatic rings. The van der Waals surface area contributed by atoms with Crippen LogP contribution in [-0.4, -0.2) is 34.7 Å². The van der Waals surface area contributed by atoms with Gasteiger partial charge in [0.05, 0.1) is 0 Å². The highest BCUT2D eigenvalue weighted by Gasteiger charge is 2.60. The molecule has 2 heterocycles. The topological polar surface area (TPSA) is 78.5 Å². The van der Waals surface area contributed by atoms with Crippen LogP contribution in [0.15, 0.2) is 24.3 Å². The number of rotatable bonds is 4. The molecule has 0 radical (unpaired) electrons. The largest absolute Gasteiger partial charge is 0.348 e. The Balaban J connectivity index is 2.06. The second-order valence-corrected chi connectivity index (χ2v) is 9.43. The van der Waals surface area contributed by atoms with Crippen molar-refractivity contribution in [2.45, 2.75) is 65.0 Å². The maximum atomic E-state index is 13.6.